The van der Waals surface area contributed by atoms with E-state index in [0.29, 0.717) is 24.6 Å². The highest BCUT2D eigenvalue weighted by molar-refractivity contribution is 7.89. The summed E-state index contributed by atoms with van der Waals surface area (Å²) in [5, 5.41) is 3.17. The van der Waals surface area contributed by atoms with Gasteiger partial charge in [-0.25, -0.2) is 13.1 Å². The minimum atomic E-state index is -3.63. The van der Waals surface area contributed by atoms with E-state index in [2.05, 4.69) is 34.1 Å². The number of piperidine rings is 1. The molecule has 1 aliphatic rings. The number of thiophene rings is 1. The van der Waals surface area contributed by atoms with Crippen molar-refractivity contribution >= 4 is 38.2 Å². The summed E-state index contributed by atoms with van der Waals surface area (Å²) >= 11 is 1.50. The number of carbonyl (C=O) groups excluding carboxylic acids is 1. The first kappa shape index (κ1) is 21.9. The van der Waals surface area contributed by atoms with Gasteiger partial charge >= 0.3 is 0 Å². The molecule has 0 radical (unpaired) electrons. The number of fused-ring (bicyclic) bond motifs is 1. The molecule has 170 valence electrons. The Morgan fingerprint density at radius 1 is 1.03 bits per heavy atom. The Balaban J connectivity index is 1.21. The molecule has 6 nitrogen and oxygen atoms in total. The molecule has 4 aromatic rings. The molecule has 8 heteroatoms. The van der Waals surface area contributed by atoms with Gasteiger partial charge in [0.1, 0.15) is 0 Å². The van der Waals surface area contributed by atoms with Crippen LogP contribution in [0, 0.1) is 0 Å². The molecule has 0 aliphatic carbocycles. The second-order valence-corrected chi connectivity index (χ2v) is 11.1. The fraction of sp³-hybridized carbons (Fsp3) is 0.240. The van der Waals surface area contributed by atoms with Crippen molar-refractivity contribution in [2.75, 3.05) is 13.1 Å². The van der Waals surface area contributed by atoms with Crippen molar-refractivity contribution in [1.82, 2.24) is 14.6 Å². The standard InChI is InChI=1S/C25H25N3O3S2/c29-25(19-7-9-21(10-8-19)33(30,31)27-16-20-4-3-15-32-20)28-13-11-18(12-14-28)23-17-26-24-6-2-1-5-22(23)24/h1-10,15,17-18,26-27H,11-14,16H2. The summed E-state index contributed by atoms with van der Waals surface area (Å²) in [6.45, 7) is 1.63. The number of aromatic nitrogens is 1. The summed E-state index contributed by atoms with van der Waals surface area (Å²) in [4.78, 5) is 19.3. The van der Waals surface area contributed by atoms with Crippen molar-refractivity contribution in [3.63, 3.8) is 0 Å². The molecule has 33 heavy (non-hydrogen) atoms. The summed E-state index contributed by atoms with van der Waals surface area (Å²) in [6.07, 6.45) is 3.91. The summed E-state index contributed by atoms with van der Waals surface area (Å²) in [7, 11) is -3.63. The number of carbonyl (C=O) groups is 1. The van der Waals surface area contributed by atoms with Gasteiger partial charge in [0.15, 0.2) is 0 Å². The predicted molar refractivity (Wildman–Crippen MR) is 131 cm³/mol. The Hall–Kier alpha value is -2.94. The second kappa shape index (κ2) is 9.13. The van der Waals surface area contributed by atoms with E-state index in [4.69, 9.17) is 0 Å². The molecule has 1 amide bonds. The van der Waals surface area contributed by atoms with E-state index in [1.807, 2.05) is 28.5 Å². The number of amides is 1. The van der Waals surface area contributed by atoms with Crippen molar-refractivity contribution in [2.45, 2.75) is 30.2 Å². The van der Waals surface area contributed by atoms with Crippen molar-refractivity contribution in [3.05, 3.63) is 88.2 Å². The average Bonchev–Trinajstić information content (AvgIpc) is 3.53. The molecule has 2 aromatic carbocycles. The van der Waals surface area contributed by atoms with Crippen LogP contribution in [0.2, 0.25) is 0 Å². The zero-order valence-electron chi connectivity index (χ0n) is 18.0. The topological polar surface area (TPSA) is 82.3 Å². The minimum absolute atomic E-state index is 0.0529. The van der Waals surface area contributed by atoms with Gasteiger partial charge in [-0.2, -0.15) is 0 Å². The van der Waals surface area contributed by atoms with Gasteiger partial charge in [-0.15, -0.1) is 11.3 Å². The van der Waals surface area contributed by atoms with Crippen LogP contribution in [0.1, 0.15) is 39.6 Å². The molecule has 1 aliphatic heterocycles. The summed E-state index contributed by atoms with van der Waals surface area (Å²) in [5.41, 5.74) is 2.98. The zero-order valence-corrected chi connectivity index (χ0v) is 19.7. The van der Waals surface area contributed by atoms with Crippen molar-refractivity contribution in [3.8, 4) is 0 Å². The number of rotatable bonds is 6. The Kier molecular flexibility index (Phi) is 6.05. The van der Waals surface area contributed by atoms with E-state index < -0.39 is 10.0 Å². The number of benzene rings is 2. The fourth-order valence-electron chi connectivity index (χ4n) is 4.45. The van der Waals surface area contributed by atoms with Gasteiger partial charge in [0.2, 0.25) is 10.0 Å². The van der Waals surface area contributed by atoms with E-state index in [1.165, 1.54) is 34.4 Å². The maximum Gasteiger partial charge on any atom is 0.253 e. The molecule has 2 aromatic heterocycles. The van der Waals surface area contributed by atoms with Crippen LogP contribution in [0.25, 0.3) is 10.9 Å². The van der Waals surface area contributed by atoms with Crippen LogP contribution in [0.5, 0.6) is 0 Å². The minimum Gasteiger partial charge on any atom is -0.361 e. The lowest BCUT2D eigenvalue weighted by Crippen LogP contribution is -2.37. The van der Waals surface area contributed by atoms with Gasteiger partial charge in [-0.3, -0.25) is 4.79 Å². The van der Waals surface area contributed by atoms with Crippen LogP contribution < -0.4 is 4.72 Å². The fourth-order valence-corrected chi connectivity index (χ4v) is 6.19. The number of likely N-dealkylation sites (tertiary alicyclic amines) is 1. The van der Waals surface area contributed by atoms with Crippen molar-refractivity contribution in [1.29, 1.82) is 0 Å². The highest BCUT2D eigenvalue weighted by Gasteiger charge is 2.26. The average molecular weight is 480 g/mol. The van der Waals surface area contributed by atoms with E-state index in [1.54, 1.807) is 12.1 Å². The molecule has 2 N–H and O–H groups in total. The number of H-pyrrole nitrogens is 1. The van der Waals surface area contributed by atoms with Gasteiger partial charge in [-0.05, 0) is 66.1 Å². The van der Waals surface area contributed by atoms with Crippen molar-refractivity contribution in [2.24, 2.45) is 0 Å². The Labute approximate surface area is 197 Å². The van der Waals surface area contributed by atoms with Crippen LogP contribution in [-0.4, -0.2) is 37.3 Å². The number of hydrogen-bond acceptors (Lipinski definition) is 4. The highest BCUT2D eigenvalue weighted by Crippen LogP contribution is 2.33. The number of aromatic amines is 1. The Morgan fingerprint density at radius 3 is 2.52 bits per heavy atom. The summed E-state index contributed by atoms with van der Waals surface area (Å²) < 4.78 is 27.7. The van der Waals surface area contributed by atoms with E-state index in [9.17, 15) is 13.2 Å². The monoisotopic (exact) mass is 479 g/mol. The number of hydrogen-bond donors (Lipinski definition) is 2. The number of para-hydroxylation sites is 1. The van der Waals surface area contributed by atoms with Gasteiger partial charge in [-0.1, -0.05) is 24.3 Å². The Bertz CT molecular complexity index is 1350. The van der Waals surface area contributed by atoms with Crippen LogP contribution >= 0.6 is 11.3 Å². The maximum atomic E-state index is 13.0. The first-order valence-corrected chi connectivity index (χ1v) is 13.3. The molecular weight excluding hydrogens is 454 g/mol. The lowest BCUT2D eigenvalue weighted by Gasteiger charge is -2.32. The van der Waals surface area contributed by atoms with Crippen LogP contribution in [0.15, 0.2) is 77.1 Å². The van der Waals surface area contributed by atoms with E-state index in [-0.39, 0.29) is 17.3 Å². The summed E-state index contributed by atoms with van der Waals surface area (Å²) in [6, 6.07) is 18.3. The highest BCUT2D eigenvalue weighted by atomic mass is 32.2. The molecule has 1 fully saturated rings. The van der Waals surface area contributed by atoms with E-state index >= 15 is 0 Å². The number of sulfonamides is 1. The molecule has 0 spiro atoms. The van der Waals surface area contributed by atoms with Gasteiger partial charge in [0.25, 0.3) is 5.91 Å². The maximum absolute atomic E-state index is 13.0. The third-order valence-corrected chi connectivity index (χ3v) is 8.56. The van der Waals surface area contributed by atoms with Gasteiger partial charge in [0, 0.05) is 47.2 Å². The molecular formula is C25H25N3O3S2. The van der Waals surface area contributed by atoms with Crippen LogP contribution in [-0.2, 0) is 16.6 Å². The first-order chi connectivity index (χ1) is 16.0. The Morgan fingerprint density at radius 2 is 1.79 bits per heavy atom. The largest absolute Gasteiger partial charge is 0.361 e. The van der Waals surface area contributed by atoms with Crippen molar-refractivity contribution < 1.29 is 13.2 Å². The summed E-state index contributed by atoms with van der Waals surface area (Å²) in [5.74, 6) is 0.370. The first-order valence-electron chi connectivity index (χ1n) is 11.0. The van der Waals surface area contributed by atoms with Gasteiger partial charge in [0.05, 0.1) is 4.90 Å². The van der Waals surface area contributed by atoms with Crippen LogP contribution in [0.3, 0.4) is 0 Å². The zero-order chi connectivity index (χ0) is 22.8. The third kappa shape index (κ3) is 4.59. The SMILES string of the molecule is O=C(c1ccc(S(=O)(=O)NCc2cccs2)cc1)N1CCC(c2c[nH]c3ccccc23)CC1. The van der Waals surface area contributed by atoms with E-state index in [0.717, 1.165) is 23.2 Å². The second-order valence-electron chi connectivity index (χ2n) is 8.28. The quantitative estimate of drug-likeness (QED) is 0.420. The number of nitrogens with zero attached hydrogens (tertiary/aromatic N) is 1. The normalized spacial score (nSPS) is 15.2. The molecule has 3 heterocycles. The predicted octanol–water partition coefficient (Wildman–Crippen LogP) is 4.73. The van der Waals surface area contributed by atoms with Gasteiger partial charge < -0.3 is 9.88 Å². The number of nitrogens with one attached hydrogen (secondary N) is 2. The van der Waals surface area contributed by atoms with Crippen LogP contribution in [0.4, 0.5) is 0 Å². The lowest BCUT2D eigenvalue weighted by atomic mass is 9.89. The molecule has 0 saturated carbocycles. The molecule has 0 atom stereocenters. The molecule has 0 unspecified atom stereocenters. The lowest BCUT2D eigenvalue weighted by molar-refractivity contribution is 0.0713. The molecule has 1 saturated heterocycles. The third-order valence-electron chi connectivity index (χ3n) is 6.27. The molecule has 5 rings (SSSR count). The smallest absolute Gasteiger partial charge is 0.253 e. The molecule has 0 bridgehead atoms.